The molecule has 29 heavy (non-hydrogen) atoms. The van der Waals surface area contributed by atoms with Crippen LogP contribution in [0.5, 0.6) is 5.75 Å². The minimum atomic E-state index is -1.23. The van der Waals surface area contributed by atoms with Crippen molar-refractivity contribution in [3.63, 3.8) is 0 Å². The van der Waals surface area contributed by atoms with Crippen molar-refractivity contribution < 1.29 is 23.4 Å². The normalized spacial score (nSPS) is 21.4. The fraction of sp³-hybridized carbons (Fsp3) is 0.429. The van der Waals surface area contributed by atoms with Gasteiger partial charge in [0.15, 0.2) is 6.17 Å². The number of ether oxygens (including phenoxy) is 1. The lowest BCUT2D eigenvalue weighted by atomic mass is 10.0. The number of carbonyl (C=O) groups is 1. The fourth-order valence-corrected chi connectivity index (χ4v) is 3.89. The first-order valence-electron chi connectivity index (χ1n) is 9.68. The lowest BCUT2D eigenvalue weighted by Gasteiger charge is -2.36. The Balaban J connectivity index is 1.46. The van der Waals surface area contributed by atoms with E-state index in [1.54, 1.807) is 11.0 Å². The van der Waals surface area contributed by atoms with Gasteiger partial charge in [-0.2, -0.15) is 0 Å². The Labute approximate surface area is 167 Å². The van der Waals surface area contributed by atoms with Gasteiger partial charge in [0.2, 0.25) is 0 Å². The molecule has 0 aliphatic carbocycles. The second kappa shape index (κ2) is 7.94. The zero-order chi connectivity index (χ0) is 20.5. The maximum atomic E-state index is 14.8. The number of hydrogen-bond donors (Lipinski definition) is 1. The van der Waals surface area contributed by atoms with E-state index >= 15 is 0 Å². The van der Waals surface area contributed by atoms with Gasteiger partial charge in [-0.1, -0.05) is 0 Å². The average Bonchev–Trinajstić information content (AvgIpc) is 3.00. The number of benzene rings is 1. The highest BCUT2D eigenvalue weighted by Gasteiger charge is 2.34. The predicted octanol–water partition coefficient (Wildman–Crippen LogP) is 2.47. The third kappa shape index (κ3) is 3.89. The molecule has 1 amide bonds. The Hall–Kier alpha value is -2.74. The number of aryl methyl sites for hydroxylation is 1. The van der Waals surface area contributed by atoms with Crippen LogP contribution in [-0.4, -0.2) is 59.4 Å². The summed E-state index contributed by atoms with van der Waals surface area (Å²) in [5.41, 5.74) is 2.02. The molecular weight excluding hydrogens is 380 g/mol. The van der Waals surface area contributed by atoms with Crippen LogP contribution in [-0.2, 0) is 6.54 Å². The third-order valence-electron chi connectivity index (χ3n) is 5.38. The van der Waals surface area contributed by atoms with E-state index in [1.165, 1.54) is 24.3 Å². The summed E-state index contributed by atoms with van der Waals surface area (Å²) in [5.74, 6) is 0.622. The smallest absolute Gasteiger partial charge is 0.256 e. The molecule has 1 fully saturated rings. The summed E-state index contributed by atoms with van der Waals surface area (Å²) < 4.78 is 33.5. The molecule has 3 heterocycles. The predicted molar refractivity (Wildman–Crippen MR) is 103 cm³/mol. The Bertz CT molecular complexity index is 907. The van der Waals surface area contributed by atoms with Crippen LogP contribution in [0.3, 0.4) is 0 Å². The number of piperidine rings is 1. The number of rotatable bonds is 5. The van der Waals surface area contributed by atoms with Crippen LogP contribution in [0, 0.1) is 12.7 Å². The topological polar surface area (TPSA) is 65.9 Å². The number of halogens is 2. The van der Waals surface area contributed by atoms with Crippen molar-refractivity contribution in [3.8, 4) is 5.75 Å². The minimum absolute atomic E-state index is 0.101. The molecule has 1 N–H and O–H groups in total. The van der Waals surface area contributed by atoms with Crippen molar-refractivity contribution in [1.29, 1.82) is 0 Å². The molecule has 1 aromatic heterocycles. The van der Waals surface area contributed by atoms with Crippen LogP contribution in [0.2, 0.25) is 0 Å². The Morgan fingerprint density at radius 1 is 1.31 bits per heavy atom. The Morgan fingerprint density at radius 3 is 2.76 bits per heavy atom. The van der Waals surface area contributed by atoms with E-state index in [1.807, 2.05) is 11.8 Å². The van der Waals surface area contributed by atoms with Gasteiger partial charge in [-0.3, -0.25) is 4.79 Å². The molecule has 0 radical (unpaired) electrons. The second-order valence-corrected chi connectivity index (χ2v) is 7.43. The average molecular weight is 403 g/mol. The summed E-state index contributed by atoms with van der Waals surface area (Å²) in [4.78, 5) is 20.5. The number of aliphatic hydroxyl groups excluding tert-OH is 1. The fourth-order valence-electron chi connectivity index (χ4n) is 3.89. The van der Waals surface area contributed by atoms with Gasteiger partial charge >= 0.3 is 0 Å². The summed E-state index contributed by atoms with van der Waals surface area (Å²) >= 11 is 0. The number of β-amino-alcohol motifs (C(OH)–C–C–N with tert-alkyl or cyclic N) is 1. The molecule has 2 aromatic rings. The molecule has 154 valence electrons. The molecule has 4 rings (SSSR count). The van der Waals surface area contributed by atoms with E-state index in [0.717, 1.165) is 5.56 Å². The summed E-state index contributed by atoms with van der Waals surface area (Å²) in [6.07, 6.45) is -1.37. The van der Waals surface area contributed by atoms with Gasteiger partial charge < -0.3 is 19.6 Å². The van der Waals surface area contributed by atoms with Gasteiger partial charge in [-0.05, 0) is 42.8 Å². The second-order valence-electron chi connectivity index (χ2n) is 7.43. The number of aromatic nitrogens is 1. The Kier molecular flexibility index (Phi) is 5.36. The molecule has 2 aliphatic rings. The van der Waals surface area contributed by atoms with E-state index < -0.39 is 12.3 Å². The summed E-state index contributed by atoms with van der Waals surface area (Å²) in [6, 6.07) is 7.37. The lowest BCUT2D eigenvalue weighted by molar-refractivity contribution is 0.0745. The number of nitrogens with zero attached hydrogens (tertiary/aromatic N) is 3. The highest BCUT2D eigenvalue weighted by molar-refractivity contribution is 5.98. The van der Waals surface area contributed by atoms with E-state index in [4.69, 9.17) is 9.84 Å². The van der Waals surface area contributed by atoms with Gasteiger partial charge in [0.25, 0.3) is 5.91 Å². The molecule has 6 nitrogen and oxygen atoms in total. The standard InChI is InChI=1S/C21H23F2N3O3/c1-13-10-16-18(12-26(8-9-27)21(16)28)24-20(13)25-7-6-19(17(23)11-25)29-15-4-2-14(22)3-5-15/h2-5,10,17,19,27H,6-9,11-12H2,1H3. The summed E-state index contributed by atoms with van der Waals surface area (Å²) in [6.45, 7) is 3.07. The number of amides is 1. The van der Waals surface area contributed by atoms with E-state index in [9.17, 15) is 13.6 Å². The molecule has 1 aromatic carbocycles. The molecular formula is C21H23F2N3O3. The van der Waals surface area contributed by atoms with Crippen molar-refractivity contribution in [2.75, 3.05) is 31.1 Å². The van der Waals surface area contributed by atoms with Crippen LogP contribution in [0.4, 0.5) is 14.6 Å². The molecule has 2 aliphatic heterocycles. The van der Waals surface area contributed by atoms with Crippen LogP contribution in [0.1, 0.15) is 28.0 Å². The number of aliphatic hydroxyl groups is 1. The molecule has 8 heteroatoms. The summed E-state index contributed by atoms with van der Waals surface area (Å²) in [7, 11) is 0. The maximum absolute atomic E-state index is 14.8. The van der Waals surface area contributed by atoms with Gasteiger partial charge in [-0.15, -0.1) is 0 Å². The largest absolute Gasteiger partial charge is 0.487 e. The summed E-state index contributed by atoms with van der Waals surface area (Å²) in [5, 5.41) is 9.12. The molecule has 2 unspecified atom stereocenters. The number of hydrogen-bond acceptors (Lipinski definition) is 5. The van der Waals surface area contributed by atoms with Crippen LogP contribution in [0.15, 0.2) is 30.3 Å². The van der Waals surface area contributed by atoms with Crippen molar-refractivity contribution in [1.82, 2.24) is 9.88 Å². The van der Waals surface area contributed by atoms with Crippen molar-refractivity contribution in [2.24, 2.45) is 0 Å². The number of fused-ring (bicyclic) bond motifs is 1. The molecule has 0 saturated carbocycles. The SMILES string of the molecule is Cc1cc2c(nc1N1CCC(Oc3ccc(F)cc3)C(F)C1)CN(CCO)C2=O. The van der Waals surface area contributed by atoms with E-state index in [0.29, 0.717) is 42.3 Å². The van der Waals surface area contributed by atoms with Gasteiger partial charge in [-0.25, -0.2) is 13.8 Å². The molecule has 2 atom stereocenters. The number of pyridine rings is 1. The van der Waals surface area contributed by atoms with Gasteiger partial charge in [0.05, 0.1) is 31.0 Å². The number of anilines is 1. The number of alkyl halides is 1. The van der Waals surface area contributed by atoms with Crippen molar-refractivity contribution in [3.05, 3.63) is 53.0 Å². The third-order valence-corrected chi connectivity index (χ3v) is 5.38. The van der Waals surface area contributed by atoms with Gasteiger partial charge in [0.1, 0.15) is 23.5 Å². The zero-order valence-corrected chi connectivity index (χ0v) is 16.1. The van der Waals surface area contributed by atoms with Gasteiger partial charge in [0, 0.05) is 19.5 Å². The zero-order valence-electron chi connectivity index (χ0n) is 16.1. The van der Waals surface area contributed by atoms with Crippen molar-refractivity contribution in [2.45, 2.75) is 32.2 Å². The first-order valence-corrected chi connectivity index (χ1v) is 9.68. The first kappa shape index (κ1) is 19.6. The molecule has 0 bridgehead atoms. The number of carbonyl (C=O) groups excluding carboxylic acids is 1. The first-order chi connectivity index (χ1) is 14.0. The van der Waals surface area contributed by atoms with Crippen LogP contribution >= 0.6 is 0 Å². The quantitative estimate of drug-likeness (QED) is 0.831. The van der Waals surface area contributed by atoms with Crippen molar-refractivity contribution >= 4 is 11.7 Å². The Morgan fingerprint density at radius 2 is 2.07 bits per heavy atom. The van der Waals surface area contributed by atoms with E-state index in [-0.39, 0.29) is 31.4 Å². The monoisotopic (exact) mass is 403 g/mol. The van der Waals surface area contributed by atoms with E-state index in [2.05, 4.69) is 4.98 Å². The van der Waals surface area contributed by atoms with Crippen LogP contribution < -0.4 is 9.64 Å². The molecule has 1 saturated heterocycles. The molecule has 0 spiro atoms. The lowest BCUT2D eigenvalue weighted by Crippen LogP contribution is -2.47. The minimum Gasteiger partial charge on any atom is -0.487 e. The highest BCUT2D eigenvalue weighted by atomic mass is 19.1. The highest BCUT2D eigenvalue weighted by Crippen LogP contribution is 2.30. The maximum Gasteiger partial charge on any atom is 0.256 e. The van der Waals surface area contributed by atoms with Crippen LogP contribution in [0.25, 0.3) is 0 Å².